The lowest BCUT2D eigenvalue weighted by atomic mass is 10.0. The molecule has 3 rings (SSSR count). The topological polar surface area (TPSA) is 153 Å². The van der Waals surface area contributed by atoms with E-state index in [1.807, 2.05) is 24.3 Å². The van der Waals surface area contributed by atoms with E-state index in [9.17, 15) is 14.9 Å². The minimum atomic E-state index is -0.474. The molecule has 0 amide bonds. The molecule has 0 aliphatic carbocycles. The summed E-state index contributed by atoms with van der Waals surface area (Å²) in [5.74, 6) is -0.288. The SMILES string of the molecule is C/C(=N\N=C(N)N)c1ccc(CC(=O)c2cc3cccc([N+](=O)[O-])c3[nH]2)cc1. The number of hydrogen-bond donors (Lipinski definition) is 3. The summed E-state index contributed by atoms with van der Waals surface area (Å²) in [5, 5.41) is 19.3. The third-order valence-corrected chi connectivity index (χ3v) is 4.18. The highest BCUT2D eigenvalue weighted by Crippen LogP contribution is 2.26. The van der Waals surface area contributed by atoms with Crippen LogP contribution in [0, 0.1) is 10.1 Å². The fraction of sp³-hybridized carbons (Fsp3) is 0.105. The van der Waals surface area contributed by atoms with Gasteiger partial charge in [0.1, 0.15) is 5.52 Å². The number of nitrogens with one attached hydrogen (secondary N) is 1. The predicted molar refractivity (Wildman–Crippen MR) is 107 cm³/mol. The lowest BCUT2D eigenvalue weighted by Crippen LogP contribution is -2.22. The summed E-state index contributed by atoms with van der Waals surface area (Å²) >= 11 is 0. The van der Waals surface area contributed by atoms with Crippen LogP contribution in [0.1, 0.15) is 28.5 Å². The number of aromatic amines is 1. The highest BCUT2D eigenvalue weighted by Gasteiger charge is 2.17. The summed E-state index contributed by atoms with van der Waals surface area (Å²) < 4.78 is 0. The molecule has 1 aromatic heterocycles. The Morgan fingerprint density at radius 3 is 2.50 bits per heavy atom. The number of non-ortho nitro benzene ring substituents is 1. The van der Waals surface area contributed by atoms with Crippen molar-refractivity contribution in [3.63, 3.8) is 0 Å². The average molecular weight is 378 g/mol. The minimum Gasteiger partial charge on any atom is -0.369 e. The molecule has 9 heteroatoms. The van der Waals surface area contributed by atoms with Gasteiger partial charge in [0, 0.05) is 17.9 Å². The maximum atomic E-state index is 12.6. The number of aromatic nitrogens is 1. The van der Waals surface area contributed by atoms with Crippen LogP contribution in [0.15, 0.2) is 58.7 Å². The van der Waals surface area contributed by atoms with Gasteiger partial charge in [-0.15, -0.1) is 5.10 Å². The molecule has 0 saturated heterocycles. The molecule has 2 aromatic carbocycles. The maximum absolute atomic E-state index is 12.6. The van der Waals surface area contributed by atoms with Crippen molar-refractivity contribution in [2.75, 3.05) is 0 Å². The van der Waals surface area contributed by atoms with Gasteiger partial charge in [-0.2, -0.15) is 5.10 Å². The van der Waals surface area contributed by atoms with Crippen molar-refractivity contribution in [1.29, 1.82) is 0 Å². The molecule has 28 heavy (non-hydrogen) atoms. The fourth-order valence-corrected chi connectivity index (χ4v) is 2.78. The van der Waals surface area contributed by atoms with E-state index in [1.54, 1.807) is 25.1 Å². The number of benzene rings is 2. The first-order chi connectivity index (χ1) is 13.3. The molecule has 3 aromatic rings. The van der Waals surface area contributed by atoms with Crippen molar-refractivity contribution in [3.8, 4) is 0 Å². The third kappa shape index (κ3) is 4.04. The summed E-state index contributed by atoms with van der Waals surface area (Å²) in [6.45, 7) is 1.77. The lowest BCUT2D eigenvalue weighted by Gasteiger charge is -2.03. The number of nitro groups is 1. The summed E-state index contributed by atoms with van der Waals surface area (Å²) in [6.07, 6.45) is 0.158. The number of carbonyl (C=O) groups excluding carboxylic acids is 1. The number of nitro benzene ring substituents is 1. The van der Waals surface area contributed by atoms with Crippen LogP contribution in [-0.2, 0) is 6.42 Å². The largest absolute Gasteiger partial charge is 0.369 e. The van der Waals surface area contributed by atoms with Crippen molar-refractivity contribution in [2.45, 2.75) is 13.3 Å². The molecule has 0 bridgehead atoms. The van der Waals surface area contributed by atoms with Crippen molar-refractivity contribution in [1.82, 2.24) is 4.98 Å². The van der Waals surface area contributed by atoms with Crippen LogP contribution >= 0.6 is 0 Å². The van der Waals surface area contributed by atoms with Crippen LogP contribution in [0.25, 0.3) is 10.9 Å². The molecule has 0 aliphatic rings. The second kappa shape index (κ2) is 7.70. The maximum Gasteiger partial charge on any atom is 0.293 e. The van der Waals surface area contributed by atoms with Crippen molar-refractivity contribution in [2.24, 2.45) is 21.7 Å². The number of H-pyrrole nitrogens is 1. The Kier molecular flexibility index (Phi) is 5.16. The number of ketones is 1. The van der Waals surface area contributed by atoms with E-state index >= 15 is 0 Å². The van der Waals surface area contributed by atoms with Crippen molar-refractivity contribution in [3.05, 3.63) is 75.5 Å². The monoisotopic (exact) mass is 378 g/mol. The number of guanidine groups is 1. The number of hydrogen-bond acceptors (Lipinski definition) is 5. The lowest BCUT2D eigenvalue weighted by molar-refractivity contribution is -0.383. The number of nitrogens with two attached hydrogens (primary N) is 2. The van der Waals surface area contributed by atoms with Gasteiger partial charge in [0.15, 0.2) is 5.78 Å². The van der Waals surface area contributed by atoms with Gasteiger partial charge < -0.3 is 16.5 Å². The minimum absolute atomic E-state index is 0.0589. The number of carbonyl (C=O) groups is 1. The normalized spacial score (nSPS) is 11.4. The Balaban J connectivity index is 1.79. The molecule has 0 aliphatic heterocycles. The molecular weight excluding hydrogens is 360 g/mol. The molecule has 142 valence electrons. The Morgan fingerprint density at radius 1 is 1.14 bits per heavy atom. The van der Waals surface area contributed by atoms with Crippen LogP contribution in [0.3, 0.4) is 0 Å². The molecule has 0 fully saturated rings. The first-order valence-corrected chi connectivity index (χ1v) is 8.37. The number of Topliss-reactive ketones (excluding diaryl/α,β-unsaturated/α-hetero) is 1. The summed E-state index contributed by atoms with van der Waals surface area (Å²) in [5.41, 5.74) is 13.4. The Hall–Kier alpha value is -4.01. The van der Waals surface area contributed by atoms with Gasteiger partial charge in [-0.05, 0) is 24.1 Å². The Morgan fingerprint density at radius 2 is 1.86 bits per heavy atom. The van der Waals surface area contributed by atoms with Gasteiger partial charge in [0.05, 0.1) is 16.3 Å². The first-order valence-electron chi connectivity index (χ1n) is 8.37. The van der Waals surface area contributed by atoms with Crippen LogP contribution < -0.4 is 11.5 Å². The van der Waals surface area contributed by atoms with E-state index in [2.05, 4.69) is 15.2 Å². The zero-order valence-electron chi connectivity index (χ0n) is 15.0. The van der Waals surface area contributed by atoms with E-state index in [0.717, 1.165) is 11.1 Å². The highest BCUT2D eigenvalue weighted by atomic mass is 16.6. The molecule has 0 saturated carbocycles. The number of nitrogens with zero attached hydrogens (tertiary/aromatic N) is 3. The van der Waals surface area contributed by atoms with Crippen molar-refractivity contribution < 1.29 is 9.72 Å². The predicted octanol–water partition coefficient (Wildman–Crippen LogP) is 2.50. The number of rotatable bonds is 6. The standard InChI is InChI=1S/C19H18N6O3/c1-11(23-24-19(20)21)13-7-5-12(6-8-13)9-17(26)15-10-14-3-2-4-16(25(27)28)18(14)22-15/h2-8,10,22H,9H2,1H3,(H4,20,21,24)/b23-11+. The van der Waals surface area contributed by atoms with E-state index in [4.69, 9.17) is 11.5 Å². The zero-order valence-corrected chi connectivity index (χ0v) is 15.0. The Bertz CT molecular complexity index is 1110. The molecule has 0 radical (unpaired) electrons. The van der Waals surface area contributed by atoms with Gasteiger partial charge in [0.2, 0.25) is 5.96 Å². The third-order valence-electron chi connectivity index (χ3n) is 4.18. The van der Waals surface area contributed by atoms with E-state index in [0.29, 0.717) is 22.3 Å². The second-order valence-electron chi connectivity index (χ2n) is 6.19. The van der Waals surface area contributed by atoms with Gasteiger partial charge in [-0.1, -0.05) is 36.4 Å². The van der Waals surface area contributed by atoms with Crippen LogP contribution in [0.4, 0.5) is 5.69 Å². The van der Waals surface area contributed by atoms with Gasteiger partial charge >= 0.3 is 0 Å². The van der Waals surface area contributed by atoms with Crippen LogP contribution in [0.2, 0.25) is 0 Å². The molecule has 5 N–H and O–H groups in total. The van der Waals surface area contributed by atoms with E-state index in [-0.39, 0.29) is 23.9 Å². The van der Waals surface area contributed by atoms with Crippen LogP contribution in [-0.4, -0.2) is 27.4 Å². The first kappa shape index (κ1) is 18.8. The van der Waals surface area contributed by atoms with E-state index in [1.165, 1.54) is 6.07 Å². The number of para-hydroxylation sites is 1. The van der Waals surface area contributed by atoms with Crippen LogP contribution in [0.5, 0.6) is 0 Å². The summed E-state index contributed by atoms with van der Waals surface area (Å²) in [7, 11) is 0. The van der Waals surface area contributed by atoms with Gasteiger partial charge in [-0.25, -0.2) is 0 Å². The molecule has 0 unspecified atom stereocenters. The van der Waals surface area contributed by atoms with E-state index < -0.39 is 4.92 Å². The molecule has 0 atom stereocenters. The molecular formula is C19H18N6O3. The molecule has 0 spiro atoms. The quantitative estimate of drug-likeness (QED) is 0.198. The smallest absolute Gasteiger partial charge is 0.293 e. The van der Waals surface area contributed by atoms with Crippen molar-refractivity contribution >= 4 is 34.0 Å². The van der Waals surface area contributed by atoms with Gasteiger partial charge in [0.25, 0.3) is 5.69 Å². The Labute approximate surface area is 159 Å². The second-order valence-corrected chi connectivity index (χ2v) is 6.19. The van der Waals surface area contributed by atoms with Gasteiger partial charge in [-0.3, -0.25) is 14.9 Å². The molecule has 1 heterocycles. The highest BCUT2D eigenvalue weighted by molar-refractivity contribution is 6.02. The summed E-state index contributed by atoms with van der Waals surface area (Å²) in [6, 6.07) is 13.6. The zero-order chi connectivity index (χ0) is 20.3. The number of fused-ring (bicyclic) bond motifs is 1. The fourth-order valence-electron chi connectivity index (χ4n) is 2.78. The summed E-state index contributed by atoms with van der Waals surface area (Å²) in [4.78, 5) is 26.1. The molecule has 9 nitrogen and oxygen atoms in total. The average Bonchev–Trinajstić information content (AvgIpc) is 3.11.